The molecule has 4 nitrogen and oxygen atoms in total. The zero-order valence-corrected chi connectivity index (χ0v) is 10.7. The van der Waals surface area contributed by atoms with Crippen molar-refractivity contribution in [3.05, 3.63) is 35.8 Å². The van der Waals surface area contributed by atoms with E-state index in [1.807, 2.05) is 28.8 Å². The van der Waals surface area contributed by atoms with Crippen molar-refractivity contribution in [2.24, 2.45) is 0 Å². The van der Waals surface area contributed by atoms with Gasteiger partial charge >= 0.3 is 0 Å². The number of fused-ring (bicyclic) bond motifs is 3. The van der Waals surface area contributed by atoms with Crippen molar-refractivity contribution < 1.29 is 9.90 Å². The van der Waals surface area contributed by atoms with Gasteiger partial charge in [-0.15, -0.1) is 0 Å². The fourth-order valence-corrected chi connectivity index (χ4v) is 2.69. The predicted molar refractivity (Wildman–Crippen MR) is 72.4 cm³/mol. The molecule has 0 fully saturated rings. The number of aliphatic hydroxyl groups excluding tert-OH is 1. The average Bonchev–Trinajstić information content (AvgIpc) is 2.76. The lowest BCUT2D eigenvalue weighted by molar-refractivity contribution is -0.106. The van der Waals surface area contributed by atoms with E-state index >= 15 is 0 Å². The Bertz CT molecular complexity index is 673. The van der Waals surface area contributed by atoms with Crippen LogP contribution in [0.15, 0.2) is 30.0 Å². The number of carbonyl (C=O) groups excluding carboxylic acids is 1. The number of para-hydroxylation sites is 2. The first-order valence-electron chi connectivity index (χ1n) is 5.68. The van der Waals surface area contributed by atoms with Gasteiger partial charge in [0, 0.05) is 13.0 Å². The molecule has 1 aromatic heterocycles. The van der Waals surface area contributed by atoms with Crippen LogP contribution in [0.4, 0.5) is 0 Å². The van der Waals surface area contributed by atoms with Gasteiger partial charge in [-0.2, -0.15) is 0 Å². The number of hydrogen-bond acceptors (Lipinski definition) is 4. The minimum atomic E-state index is -0.135. The van der Waals surface area contributed by atoms with Gasteiger partial charge in [0.1, 0.15) is 17.2 Å². The Morgan fingerprint density at radius 2 is 2.22 bits per heavy atom. The molecule has 0 spiro atoms. The summed E-state index contributed by atoms with van der Waals surface area (Å²) in [7, 11) is 0. The van der Waals surface area contributed by atoms with Gasteiger partial charge in [-0.1, -0.05) is 23.9 Å². The fraction of sp³-hybridized carbons (Fsp3) is 0.231. The quantitative estimate of drug-likeness (QED) is 0.856. The van der Waals surface area contributed by atoms with Gasteiger partial charge in [0.2, 0.25) is 5.12 Å². The van der Waals surface area contributed by atoms with Crippen LogP contribution in [0.2, 0.25) is 0 Å². The van der Waals surface area contributed by atoms with Crippen LogP contribution in [0.25, 0.3) is 16.6 Å². The second-order valence-corrected chi connectivity index (χ2v) is 4.92. The number of nitrogens with zero attached hydrogens (tertiary/aromatic N) is 2. The molecule has 0 aliphatic carbocycles. The minimum Gasteiger partial charge on any atom is -0.511 e. The number of allylic oxidation sites excluding steroid dienone is 1. The third kappa shape index (κ3) is 1.54. The van der Waals surface area contributed by atoms with Gasteiger partial charge in [0.25, 0.3) is 0 Å². The van der Waals surface area contributed by atoms with E-state index in [9.17, 15) is 9.90 Å². The second kappa shape index (κ2) is 4.17. The highest BCUT2D eigenvalue weighted by Crippen LogP contribution is 2.31. The molecule has 2 aromatic rings. The summed E-state index contributed by atoms with van der Waals surface area (Å²) in [6, 6.07) is 7.76. The van der Waals surface area contributed by atoms with Gasteiger partial charge in [0.05, 0.1) is 11.0 Å². The molecule has 1 aliphatic heterocycles. The van der Waals surface area contributed by atoms with Crippen molar-refractivity contribution in [2.75, 3.05) is 6.26 Å². The maximum absolute atomic E-state index is 11.9. The number of benzene rings is 1. The molecule has 0 bridgehead atoms. The number of thioether (sulfide) groups is 1. The van der Waals surface area contributed by atoms with Crippen molar-refractivity contribution in [1.82, 2.24) is 9.55 Å². The zero-order valence-electron chi connectivity index (χ0n) is 9.88. The van der Waals surface area contributed by atoms with E-state index in [2.05, 4.69) is 4.98 Å². The topological polar surface area (TPSA) is 55.1 Å². The van der Waals surface area contributed by atoms with Crippen molar-refractivity contribution >= 4 is 33.5 Å². The lowest BCUT2D eigenvalue weighted by Crippen LogP contribution is -2.15. The van der Waals surface area contributed by atoms with E-state index in [1.54, 1.807) is 6.26 Å². The summed E-state index contributed by atoms with van der Waals surface area (Å²) >= 11 is 1.10. The maximum Gasteiger partial charge on any atom is 0.226 e. The molecule has 3 rings (SSSR count). The summed E-state index contributed by atoms with van der Waals surface area (Å²) in [5.74, 6) is 0.733. The van der Waals surface area contributed by atoms with Crippen molar-refractivity contribution in [1.29, 1.82) is 0 Å². The molecule has 0 atom stereocenters. The first kappa shape index (κ1) is 11.3. The van der Waals surface area contributed by atoms with Gasteiger partial charge in [-0.25, -0.2) is 4.98 Å². The molecule has 0 saturated heterocycles. The molecule has 92 valence electrons. The van der Waals surface area contributed by atoms with Crippen LogP contribution in [0.1, 0.15) is 12.2 Å². The third-order valence-corrected chi connectivity index (χ3v) is 3.70. The Morgan fingerprint density at radius 1 is 1.44 bits per heavy atom. The Morgan fingerprint density at radius 3 is 3.00 bits per heavy atom. The molecule has 0 radical (unpaired) electrons. The first-order chi connectivity index (χ1) is 8.72. The van der Waals surface area contributed by atoms with Gasteiger partial charge in [-0.05, 0) is 18.4 Å². The van der Waals surface area contributed by atoms with E-state index in [4.69, 9.17) is 0 Å². The van der Waals surface area contributed by atoms with Crippen molar-refractivity contribution in [3.63, 3.8) is 0 Å². The molecule has 1 N–H and O–H groups in total. The Labute approximate surface area is 108 Å². The van der Waals surface area contributed by atoms with Crippen LogP contribution in [-0.4, -0.2) is 26.0 Å². The molecule has 0 saturated carbocycles. The number of imidazole rings is 1. The maximum atomic E-state index is 11.9. The van der Waals surface area contributed by atoms with Crippen LogP contribution < -0.4 is 0 Å². The molecular weight excluding hydrogens is 248 g/mol. The summed E-state index contributed by atoms with van der Waals surface area (Å²) in [5.41, 5.74) is 2.21. The van der Waals surface area contributed by atoms with E-state index in [0.717, 1.165) is 22.8 Å². The average molecular weight is 260 g/mol. The van der Waals surface area contributed by atoms with E-state index < -0.39 is 0 Å². The number of aryl methyl sites for hydroxylation is 1. The van der Waals surface area contributed by atoms with Gasteiger partial charge < -0.3 is 9.67 Å². The van der Waals surface area contributed by atoms with Crippen LogP contribution in [-0.2, 0) is 11.3 Å². The number of aliphatic hydroxyl groups is 1. The number of rotatable bonds is 1. The third-order valence-electron chi connectivity index (χ3n) is 3.13. The highest BCUT2D eigenvalue weighted by Gasteiger charge is 2.27. The molecule has 18 heavy (non-hydrogen) atoms. The highest BCUT2D eigenvalue weighted by molar-refractivity contribution is 8.14. The monoisotopic (exact) mass is 260 g/mol. The second-order valence-electron chi connectivity index (χ2n) is 4.14. The molecule has 0 amide bonds. The lowest BCUT2D eigenvalue weighted by atomic mass is 10.1. The van der Waals surface area contributed by atoms with Gasteiger partial charge in [-0.3, -0.25) is 4.79 Å². The first-order valence-corrected chi connectivity index (χ1v) is 6.91. The van der Waals surface area contributed by atoms with Crippen LogP contribution in [0.3, 0.4) is 0 Å². The zero-order chi connectivity index (χ0) is 12.7. The fourth-order valence-electron chi connectivity index (χ4n) is 2.28. The van der Waals surface area contributed by atoms with Crippen molar-refractivity contribution in [2.45, 2.75) is 13.0 Å². The standard InChI is InChI=1S/C13H12N2O2S/c1-18-13(17)11-10(16)6-7-15-9-5-3-2-4-8(9)14-12(11)15/h2-5,16H,6-7H2,1H3. The Hall–Kier alpha value is -1.75. The summed E-state index contributed by atoms with van der Waals surface area (Å²) in [5, 5.41) is 9.80. The number of hydrogen-bond donors (Lipinski definition) is 1. The summed E-state index contributed by atoms with van der Waals surface area (Å²) in [6.07, 6.45) is 2.19. The smallest absolute Gasteiger partial charge is 0.226 e. The minimum absolute atomic E-state index is 0.135. The summed E-state index contributed by atoms with van der Waals surface area (Å²) in [4.78, 5) is 16.4. The van der Waals surface area contributed by atoms with Crippen LogP contribution in [0, 0.1) is 0 Å². The summed E-state index contributed by atoms with van der Waals surface area (Å²) < 4.78 is 2.00. The molecule has 5 heteroatoms. The summed E-state index contributed by atoms with van der Waals surface area (Å²) in [6.45, 7) is 0.660. The normalized spacial score (nSPS) is 14.9. The van der Waals surface area contributed by atoms with Crippen LogP contribution >= 0.6 is 11.8 Å². The largest absolute Gasteiger partial charge is 0.511 e. The predicted octanol–water partition coefficient (Wildman–Crippen LogP) is 2.60. The number of carbonyl (C=O) groups is 1. The molecule has 1 aromatic carbocycles. The Balaban J connectivity index is 2.28. The molecular formula is C13H12N2O2S. The highest BCUT2D eigenvalue weighted by atomic mass is 32.2. The SMILES string of the molecule is CSC(=O)C1=C(O)CCn2c1nc1ccccc12. The van der Waals surface area contributed by atoms with Gasteiger partial charge in [0.15, 0.2) is 0 Å². The van der Waals surface area contributed by atoms with Crippen LogP contribution in [0.5, 0.6) is 0 Å². The van der Waals surface area contributed by atoms with E-state index in [1.165, 1.54) is 0 Å². The molecule has 2 heterocycles. The molecule has 0 unspecified atom stereocenters. The number of aromatic nitrogens is 2. The lowest BCUT2D eigenvalue weighted by Gasteiger charge is -2.17. The van der Waals surface area contributed by atoms with Crippen molar-refractivity contribution in [3.8, 4) is 0 Å². The molecule has 1 aliphatic rings. The Kier molecular flexibility index (Phi) is 2.63. The van der Waals surface area contributed by atoms with E-state index in [0.29, 0.717) is 24.4 Å². The van der Waals surface area contributed by atoms with E-state index in [-0.39, 0.29) is 10.9 Å².